The van der Waals surface area contributed by atoms with E-state index >= 15 is 0 Å². The Morgan fingerprint density at radius 3 is 2.29 bits per heavy atom. The van der Waals surface area contributed by atoms with E-state index in [2.05, 4.69) is 23.8 Å². The first-order chi connectivity index (χ1) is 6.81. The van der Waals surface area contributed by atoms with Gasteiger partial charge in [-0.1, -0.05) is 49.2 Å². The van der Waals surface area contributed by atoms with Crippen LogP contribution in [0, 0.1) is 6.92 Å². The van der Waals surface area contributed by atoms with Crippen LogP contribution in [-0.2, 0) is 9.53 Å². The summed E-state index contributed by atoms with van der Waals surface area (Å²) in [6.45, 7) is 5.18. The number of carbonyl (C=O) groups is 1. The van der Waals surface area contributed by atoms with Crippen molar-refractivity contribution >= 4 is 6.47 Å². The Balaban J connectivity index is 0.000000241. The summed E-state index contributed by atoms with van der Waals surface area (Å²) >= 11 is 0. The predicted octanol–water partition coefficient (Wildman–Crippen LogP) is 2.95. The topological polar surface area (TPSA) is 26.3 Å². The molecule has 1 aromatic rings. The van der Waals surface area contributed by atoms with Gasteiger partial charge in [0.05, 0.1) is 6.61 Å². The molecule has 0 aliphatic carbocycles. The molecular formula is C12H18O2. The molecule has 2 nitrogen and oxygen atoms in total. The van der Waals surface area contributed by atoms with Gasteiger partial charge in [0.1, 0.15) is 0 Å². The van der Waals surface area contributed by atoms with E-state index in [9.17, 15) is 4.79 Å². The molecule has 1 rings (SSSR count). The zero-order chi connectivity index (χ0) is 10.6. The highest BCUT2D eigenvalue weighted by atomic mass is 16.5. The van der Waals surface area contributed by atoms with Crippen LogP contribution >= 0.6 is 0 Å². The highest BCUT2D eigenvalue weighted by Crippen LogP contribution is 1.92. The van der Waals surface area contributed by atoms with Gasteiger partial charge in [0.25, 0.3) is 6.47 Å². The summed E-state index contributed by atoms with van der Waals surface area (Å²) in [6.07, 6.45) is 2.05. The summed E-state index contributed by atoms with van der Waals surface area (Å²) < 4.78 is 4.39. The lowest BCUT2D eigenvalue weighted by molar-refractivity contribution is -0.128. The second-order valence-electron chi connectivity index (χ2n) is 2.98. The molecule has 0 amide bonds. The van der Waals surface area contributed by atoms with Gasteiger partial charge in [-0.3, -0.25) is 4.79 Å². The molecule has 0 N–H and O–H groups in total. The first kappa shape index (κ1) is 12.7. The third-order valence-electron chi connectivity index (χ3n) is 1.62. The van der Waals surface area contributed by atoms with Gasteiger partial charge in [0.2, 0.25) is 0 Å². The quantitative estimate of drug-likeness (QED) is 0.544. The number of carbonyl (C=O) groups excluding carboxylic acids is 1. The van der Waals surface area contributed by atoms with Crippen LogP contribution in [0.25, 0.3) is 0 Å². The smallest absolute Gasteiger partial charge is 0.293 e. The lowest BCUT2D eigenvalue weighted by Gasteiger charge is -1.90. The molecule has 14 heavy (non-hydrogen) atoms. The van der Waals surface area contributed by atoms with Gasteiger partial charge < -0.3 is 4.74 Å². The molecular weight excluding hydrogens is 176 g/mol. The summed E-state index contributed by atoms with van der Waals surface area (Å²) in [5, 5.41) is 0. The summed E-state index contributed by atoms with van der Waals surface area (Å²) in [7, 11) is 0. The molecule has 0 spiro atoms. The third kappa shape index (κ3) is 8.78. The molecule has 0 aromatic heterocycles. The maximum absolute atomic E-state index is 9.46. The first-order valence-electron chi connectivity index (χ1n) is 4.88. The molecule has 0 heterocycles. The van der Waals surface area contributed by atoms with Crippen LogP contribution in [0.2, 0.25) is 0 Å². The van der Waals surface area contributed by atoms with Crippen molar-refractivity contribution in [3.05, 3.63) is 35.9 Å². The number of rotatable bonds is 4. The fourth-order valence-electron chi connectivity index (χ4n) is 0.810. The highest BCUT2D eigenvalue weighted by Gasteiger charge is 1.78. The third-order valence-corrected chi connectivity index (χ3v) is 1.62. The molecule has 78 valence electrons. The van der Waals surface area contributed by atoms with Gasteiger partial charge in [0, 0.05) is 0 Å². The number of aryl methyl sites for hydroxylation is 1. The van der Waals surface area contributed by atoms with E-state index in [0.717, 1.165) is 12.8 Å². The molecule has 0 fully saturated rings. The van der Waals surface area contributed by atoms with Crippen LogP contribution in [0.4, 0.5) is 0 Å². The molecule has 0 radical (unpaired) electrons. The Hall–Kier alpha value is -1.31. The van der Waals surface area contributed by atoms with E-state index in [1.54, 1.807) is 0 Å². The van der Waals surface area contributed by atoms with Crippen LogP contribution in [0.15, 0.2) is 30.3 Å². The molecule has 0 unspecified atom stereocenters. The lowest BCUT2D eigenvalue weighted by atomic mass is 10.2. The monoisotopic (exact) mass is 194 g/mol. The molecule has 0 saturated heterocycles. The average Bonchev–Trinajstić information content (AvgIpc) is 2.21. The number of unbranched alkanes of at least 4 members (excludes halogenated alkanes) is 1. The molecule has 0 saturated carbocycles. The summed E-state index contributed by atoms with van der Waals surface area (Å²) in [6, 6.07) is 10.3. The maximum atomic E-state index is 9.46. The minimum absolute atomic E-state index is 0.482. The van der Waals surface area contributed by atoms with E-state index in [1.165, 1.54) is 5.56 Å². The van der Waals surface area contributed by atoms with E-state index in [0.29, 0.717) is 13.1 Å². The Morgan fingerprint density at radius 1 is 1.29 bits per heavy atom. The Bertz CT molecular complexity index is 219. The van der Waals surface area contributed by atoms with Gasteiger partial charge in [-0.2, -0.15) is 0 Å². The van der Waals surface area contributed by atoms with Crippen molar-refractivity contribution in [2.75, 3.05) is 6.61 Å². The molecule has 0 bridgehead atoms. The zero-order valence-electron chi connectivity index (χ0n) is 8.90. The van der Waals surface area contributed by atoms with E-state index in [-0.39, 0.29) is 0 Å². The fourth-order valence-corrected chi connectivity index (χ4v) is 0.810. The lowest BCUT2D eigenvalue weighted by Crippen LogP contribution is -1.88. The maximum Gasteiger partial charge on any atom is 0.293 e. The Labute approximate surface area is 85.9 Å². The Morgan fingerprint density at radius 2 is 1.93 bits per heavy atom. The molecule has 0 atom stereocenters. The SMILES string of the molecule is CCCCOC=O.Cc1ccccc1. The molecule has 1 aromatic carbocycles. The predicted molar refractivity (Wildman–Crippen MR) is 58.1 cm³/mol. The number of hydrogen-bond acceptors (Lipinski definition) is 2. The molecule has 2 heteroatoms. The normalized spacial score (nSPS) is 8.43. The van der Waals surface area contributed by atoms with Gasteiger partial charge in [-0.25, -0.2) is 0 Å². The van der Waals surface area contributed by atoms with Gasteiger partial charge in [0.15, 0.2) is 0 Å². The van der Waals surface area contributed by atoms with Gasteiger partial charge in [-0.05, 0) is 13.3 Å². The minimum Gasteiger partial charge on any atom is -0.468 e. The molecule has 0 aliphatic rings. The van der Waals surface area contributed by atoms with E-state index < -0.39 is 0 Å². The van der Waals surface area contributed by atoms with Crippen LogP contribution < -0.4 is 0 Å². The minimum atomic E-state index is 0.482. The van der Waals surface area contributed by atoms with Crippen molar-refractivity contribution in [1.29, 1.82) is 0 Å². The standard InChI is InChI=1S/C7H8.C5H10O2/c1-7-5-3-2-4-6-7;1-2-3-4-7-5-6/h2-6H,1H3;5H,2-4H2,1H3. The van der Waals surface area contributed by atoms with E-state index in [1.807, 2.05) is 25.1 Å². The highest BCUT2D eigenvalue weighted by molar-refractivity contribution is 5.36. The fraction of sp³-hybridized carbons (Fsp3) is 0.417. The average molecular weight is 194 g/mol. The van der Waals surface area contributed by atoms with Crippen molar-refractivity contribution in [3.8, 4) is 0 Å². The summed E-state index contributed by atoms with van der Waals surface area (Å²) in [5.41, 5.74) is 1.32. The van der Waals surface area contributed by atoms with Crippen LogP contribution in [0.3, 0.4) is 0 Å². The van der Waals surface area contributed by atoms with Crippen molar-refractivity contribution in [3.63, 3.8) is 0 Å². The largest absolute Gasteiger partial charge is 0.468 e. The van der Waals surface area contributed by atoms with Gasteiger partial charge in [-0.15, -0.1) is 0 Å². The van der Waals surface area contributed by atoms with E-state index in [4.69, 9.17) is 0 Å². The second-order valence-corrected chi connectivity index (χ2v) is 2.98. The van der Waals surface area contributed by atoms with Crippen molar-refractivity contribution in [1.82, 2.24) is 0 Å². The van der Waals surface area contributed by atoms with Gasteiger partial charge >= 0.3 is 0 Å². The van der Waals surface area contributed by atoms with Crippen LogP contribution in [-0.4, -0.2) is 13.1 Å². The Kier molecular flexibility index (Phi) is 8.86. The number of ether oxygens (including phenoxy) is 1. The number of hydrogen-bond donors (Lipinski definition) is 0. The first-order valence-corrected chi connectivity index (χ1v) is 4.88. The van der Waals surface area contributed by atoms with Crippen molar-refractivity contribution < 1.29 is 9.53 Å². The summed E-state index contributed by atoms with van der Waals surface area (Å²) in [4.78, 5) is 9.46. The van der Waals surface area contributed by atoms with Crippen LogP contribution in [0.5, 0.6) is 0 Å². The van der Waals surface area contributed by atoms with Crippen molar-refractivity contribution in [2.24, 2.45) is 0 Å². The van der Waals surface area contributed by atoms with Crippen LogP contribution in [0.1, 0.15) is 25.3 Å². The zero-order valence-corrected chi connectivity index (χ0v) is 8.90. The van der Waals surface area contributed by atoms with Crippen molar-refractivity contribution in [2.45, 2.75) is 26.7 Å². The number of benzene rings is 1. The summed E-state index contributed by atoms with van der Waals surface area (Å²) in [5.74, 6) is 0. The second kappa shape index (κ2) is 9.78. The molecule has 0 aliphatic heterocycles.